The molecule has 0 bridgehead atoms. The first kappa shape index (κ1) is 15.8. The molecule has 0 aromatic heterocycles. The Morgan fingerprint density at radius 1 is 1.52 bits per heavy atom. The van der Waals surface area contributed by atoms with Gasteiger partial charge < -0.3 is 15.8 Å². The van der Waals surface area contributed by atoms with Gasteiger partial charge in [-0.05, 0) is 37.5 Å². The van der Waals surface area contributed by atoms with E-state index in [1.165, 1.54) is 0 Å². The summed E-state index contributed by atoms with van der Waals surface area (Å²) in [6, 6.07) is 5.22. The third-order valence-electron chi connectivity index (χ3n) is 3.30. The number of nitrogens with one attached hydrogen (secondary N) is 1. The molecule has 1 amide bonds. The summed E-state index contributed by atoms with van der Waals surface area (Å²) in [4.78, 5) is 12.0. The number of benzene rings is 1. The molecular formula is C16H19ClN2O2. The van der Waals surface area contributed by atoms with E-state index in [4.69, 9.17) is 22.1 Å². The van der Waals surface area contributed by atoms with Gasteiger partial charge in [0, 0.05) is 23.6 Å². The summed E-state index contributed by atoms with van der Waals surface area (Å²) in [5, 5.41) is 3.42. The maximum Gasteiger partial charge on any atom is 0.224 e. The van der Waals surface area contributed by atoms with E-state index in [0.29, 0.717) is 17.1 Å². The van der Waals surface area contributed by atoms with E-state index >= 15 is 0 Å². The molecular weight excluding hydrogens is 288 g/mol. The number of carbonyl (C=O) groups excluding carboxylic acids is 1. The number of ether oxygens (including phenoxy) is 1. The van der Waals surface area contributed by atoms with Gasteiger partial charge in [0.05, 0.1) is 18.3 Å². The molecule has 1 aliphatic rings. The lowest BCUT2D eigenvalue weighted by Gasteiger charge is -2.11. The third kappa shape index (κ3) is 5.05. The summed E-state index contributed by atoms with van der Waals surface area (Å²) in [6.07, 6.45) is 3.51. The van der Waals surface area contributed by atoms with Crippen LogP contribution in [-0.4, -0.2) is 25.2 Å². The number of hydrogen-bond donors (Lipinski definition) is 2. The van der Waals surface area contributed by atoms with Gasteiger partial charge >= 0.3 is 0 Å². The summed E-state index contributed by atoms with van der Waals surface area (Å²) >= 11 is 5.97. The first-order chi connectivity index (χ1) is 10.2. The van der Waals surface area contributed by atoms with Crippen LogP contribution in [0.25, 0.3) is 0 Å². The smallest absolute Gasteiger partial charge is 0.224 e. The average molecular weight is 307 g/mol. The van der Waals surface area contributed by atoms with Crippen molar-refractivity contribution >= 4 is 23.2 Å². The van der Waals surface area contributed by atoms with Crippen molar-refractivity contribution in [2.75, 3.05) is 18.5 Å². The second kappa shape index (κ2) is 8.04. The Bertz CT molecular complexity index is 557. The Labute approximate surface area is 130 Å². The van der Waals surface area contributed by atoms with Crippen molar-refractivity contribution < 1.29 is 9.53 Å². The number of rotatable bonds is 4. The molecule has 1 aromatic rings. The zero-order valence-electron chi connectivity index (χ0n) is 11.8. The van der Waals surface area contributed by atoms with Crippen LogP contribution in [0.2, 0.25) is 5.02 Å². The molecule has 5 heteroatoms. The molecule has 1 saturated heterocycles. The maximum atomic E-state index is 12.0. The standard InChI is InChI=1S/C16H19ClN2O2/c17-13-6-5-12(3-1-9-18)15(11-13)19-16(20)8-7-14-4-2-10-21-14/h5-6,11,14H,2,4,7-10,18H2,(H,19,20). The van der Waals surface area contributed by atoms with Gasteiger partial charge in [0.1, 0.15) is 0 Å². The molecule has 1 unspecified atom stereocenters. The predicted molar refractivity (Wildman–Crippen MR) is 84.2 cm³/mol. The molecule has 0 aliphatic carbocycles. The molecule has 0 saturated carbocycles. The van der Waals surface area contributed by atoms with E-state index < -0.39 is 0 Å². The van der Waals surface area contributed by atoms with E-state index in [2.05, 4.69) is 17.2 Å². The maximum absolute atomic E-state index is 12.0. The monoisotopic (exact) mass is 306 g/mol. The van der Waals surface area contributed by atoms with Crippen LogP contribution in [0.5, 0.6) is 0 Å². The minimum Gasteiger partial charge on any atom is -0.378 e. The first-order valence-corrected chi connectivity index (χ1v) is 7.47. The molecule has 1 aliphatic heterocycles. The van der Waals surface area contributed by atoms with Gasteiger partial charge in [0.25, 0.3) is 0 Å². The zero-order chi connectivity index (χ0) is 15.1. The molecule has 21 heavy (non-hydrogen) atoms. The highest BCUT2D eigenvalue weighted by molar-refractivity contribution is 6.31. The molecule has 2 rings (SSSR count). The first-order valence-electron chi connectivity index (χ1n) is 7.09. The van der Waals surface area contributed by atoms with Crippen LogP contribution in [0, 0.1) is 11.8 Å². The van der Waals surface area contributed by atoms with E-state index in [-0.39, 0.29) is 18.6 Å². The van der Waals surface area contributed by atoms with Crippen LogP contribution in [0.15, 0.2) is 18.2 Å². The molecule has 1 fully saturated rings. The number of carbonyl (C=O) groups is 1. The Hall–Kier alpha value is -1.54. The molecule has 3 N–H and O–H groups in total. The molecule has 1 aromatic carbocycles. The number of nitrogens with two attached hydrogens (primary N) is 1. The Kier molecular flexibility index (Phi) is 6.06. The Morgan fingerprint density at radius 2 is 2.38 bits per heavy atom. The number of amides is 1. The van der Waals surface area contributed by atoms with Crippen molar-refractivity contribution in [2.45, 2.75) is 31.8 Å². The molecule has 4 nitrogen and oxygen atoms in total. The van der Waals surface area contributed by atoms with E-state index in [1.807, 2.05) is 0 Å². The summed E-state index contributed by atoms with van der Waals surface area (Å²) in [7, 11) is 0. The average Bonchev–Trinajstić information content (AvgIpc) is 2.98. The molecule has 0 radical (unpaired) electrons. The third-order valence-corrected chi connectivity index (χ3v) is 3.53. The van der Waals surface area contributed by atoms with Gasteiger partial charge in [-0.15, -0.1) is 0 Å². The number of anilines is 1. The largest absolute Gasteiger partial charge is 0.378 e. The van der Waals surface area contributed by atoms with Crippen molar-refractivity contribution in [1.82, 2.24) is 0 Å². The van der Waals surface area contributed by atoms with E-state index in [9.17, 15) is 4.79 Å². The fourth-order valence-corrected chi connectivity index (χ4v) is 2.42. The normalized spacial score (nSPS) is 17.1. The van der Waals surface area contributed by atoms with Crippen molar-refractivity contribution in [1.29, 1.82) is 0 Å². The van der Waals surface area contributed by atoms with Gasteiger partial charge in [-0.3, -0.25) is 4.79 Å². The topological polar surface area (TPSA) is 64.3 Å². The summed E-state index contributed by atoms with van der Waals surface area (Å²) < 4.78 is 5.51. The van der Waals surface area contributed by atoms with Crippen LogP contribution < -0.4 is 11.1 Å². The molecule has 1 heterocycles. The fraction of sp³-hybridized carbons (Fsp3) is 0.438. The van der Waals surface area contributed by atoms with Gasteiger partial charge in [-0.2, -0.15) is 0 Å². The lowest BCUT2D eigenvalue weighted by molar-refractivity contribution is -0.116. The lowest BCUT2D eigenvalue weighted by Crippen LogP contribution is -2.16. The zero-order valence-corrected chi connectivity index (χ0v) is 12.6. The molecule has 0 spiro atoms. The van der Waals surface area contributed by atoms with Gasteiger partial charge in [-0.25, -0.2) is 0 Å². The molecule has 112 valence electrons. The Balaban J connectivity index is 1.96. The minimum absolute atomic E-state index is 0.0523. The van der Waals surface area contributed by atoms with E-state index in [0.717, 1.165) is 31.4 Å². The second-order valence-corrected chi connectivity index (χ2v) is 5.35. The quantitative estimate of drug-likeness (QED) is 0.840. The van der Waals surface area contributed by atoms with Crippen LogP contribution in [-0.2, 0) is 9.53 Å². The van der Waals surface area contributed by atoms with Gasteiger partial charge in [0.2, 0.25) is 5.91 Å². The highest BCUT2D eigenvalue weighted by Gasteiger charge is 2.17. The summed E-state index contributed by atoms with van der Waals surface area (Å²) in [5.41, 5.74) is 6.72. The van der Waals surface area contributed by atoms with Crippen molar-refractivity contribution in [3.8, 4) is 11.8 Å². The van der Waals surface area contributed by atoms with Gasteiger partial charge in [-0.1, -0.05) is 23.4 Å². The predicted octanol–water partition coefficient (Wildman–Crippen LogP) is 2.55. The molecule has 1 atom stereocenters. The Morgan fingerprint density at radius 3 is 3.10 bits per heavy atom. The summed E-state index contributed by atoms with van der Waals surface area (Å²) in [6.45, 7) is 1.08. The lowest BCUT2D eigenvalue weighted by atomic mass is 10.1. The van der Waals surface area contributed by atoms with E-state index in [1.54, 1.807) is 18.2 Å². The minimum atomic E-state index is -0.0523. The van der Waals surface area contributed by atoms with Crippen LogP contribution in [0.4, 0.5) is 5.69 Å². The van der Waals surface area contributed by atoms with Gasteiger partial charge in [0.15, 0.2) is 0 Å². The van der Waals surface area contributed by atoms with Crippen LogP contribution >= 0.6 is 11.6 Å². The van der Waals surface area contributed by atoms with Crippen LogP contribution in [0.1, 0.15) is 31.2 Å². The second-order valence-electron chi connectivity index (χ2n) is 4.92. The summed E-state index contributed by atoms with van der Waals surface area (Å²) in [5.74, 6) is 5.66. The fourth-order valence-electron chi connectivity index (χ4n) is 2.25. The number of halogens is 1. The number of hydrogen-bond acceptors (Lipinski definition) is 3. The van der Waals surface area contributed by atoms with Crippen molar-refractivity contribution in [3.05, 3.63) is 28.8 Å². The highest BCUT2D eigenvalue weighted by atomic mass is 35.5. The SMILES string of the molecule is NCC#Cc1ccc(Cl)cc1NC(=O)CCC1CCCO1. The van der Waals surface area contributed by atoms with Crippen molar-refractivity contribution in [3.63, 3.8) is 0 Å². The highest BCUT2D eigenvalue weighted by Crippen LogP contribution is 2.22. The van der Waals surface area contributed by atoms with Crippen molar-refractivity contribution in [2.24, 2.45) is 5.73 Å². The van der Waals surface area contributed by atoms with Crippen LogP contribution in [0.3, 0.4) is 0 Å².